The van der Waals surface area contributed by atoms with Crippen molar-refractivity contribution in [3.05, 3.63) is 40.7 Å². The number of likely N-dealkylation sites (tertiary alicyclic amines) is 2. The molecular weight excluding hydrogens is 410 g/mol. The highest BCUT2D eigenvalue weighted by molar-refractivity contribution is 6.30. The van der Waals surface area contributed by atoms with Crippen LogP contribution >= 0.6 is 11.6 Å². The zero-order chi connectivity index (χ0) is 21.6. The van der Waals surface area contributed by atoms with Gasteiger partial charge in [-0.25, -0.2) is 4.98 Å². The number of benzene rings is 1. The molecule has 2 aromatic rings. The van der Waals surface area contributed by atoms with Crippen molar-refractivity contribution in [1.29, 1.82) is 0 Å². The molecule has 0 aliphatic carbocycles. The van der Waals surface area contributed by atoms with E-state index in [4.69, 9.17) is 21.0 Å². The first kappa shape index (κ1) is 22.5. The van der Waals surface area contributed by atoms with E-state index in [1.54, 1.807) is 0 Å². The Kier molecular flexibility index (Phi) is 7.81. The summed E-state index contributed by atoms with van der Waals surface area (Å²) in [5.74, 6) is 2.22. The maximum absolute atomic E-state index is 12.6. The van der Waals surface area contributed by atoms with Crippen LogP contribution in [0, 0.1) is 12.8 Å². The van der Waals surface area contributed by atoms with Crippen molar-refractivity contribution in [2.24, 2.45) is 5.92 Å². The number of piperidine rings is 1. The van der Waals surface area contributed by atoms with Crippen LogP contribution in [0.15, 0.2) is 28.7 Å². The number of hydrogen-bond donors (Lipinski definition) is 0. The van der Waals surface area contributed by atoms with E-state index in [1.807, 2.05) is 31.2 Å². The summed E-state index contributed by atoms with van der Waals surface area (Å²) in [7, 11) is 0. The van der Waals surface area contributed by atoms with Crippen molar-refractivity contribution in [3.63, 3.8) is 0 Å². The minimum absolute atomic E-state index is 0.242. The number of rotatable bonds is 9. The predicted octanol–water partition coefficient (Wildman–Crippen LogP) is 5.35. The van der Waals surface area contributed by atoms with E-state index in [9.17, 15) is 4.79 Å². The Morgan fingerprint density at radius 1 is 1.06 bits per heavy atom. The molecule has 0 N–H and O–H groups in total. The number of unbranched alkanes of at least 4 members (excludes halogenated alkanes) is 1. The molecule has 168 valence electrons. The summed E-state index contributed by atoms with van der Waals surface area (Å²) >= 11 is 5.98. The van der Waals surface area contributed by atoms with Gasteiger partial charge in [0.25, 0.3) is 0 Å². The van der Waals surface area contributed by atoms with Crippen LogP contribution in [-0.2, 0) is 11.3 Å². The third-order valence-electron chi connectivity index (χ3n) is 6.75. The lowest BCUT2D eigenvalue weighted by atomic mass is 9.90. The Morgan fingerprint density at radius 3 is 2.48 bits per heavy atom. The van der Waals surface area contributed by atoms with Gasteiger partial charge >= 0.3 is 0 Å². The molecular formula is C25H34ClN3O2. The normalized spacial score (nSPS) is 18.6. The van der Waals surface area contributed by atoms with Gasteiger partial charge < -0.3 is 9.32 Å². The number of carbonyl (C=O) groups is 1. The molecule has 0 radical (unpaired) electrons. The van der Waals surface area contributed by atoms with Gasteiger partial charge in [-0.1, -0.05) is 11.6 Å². The number of aryl methyl sites for hydroxylation is 1. The monoisotopic (exact) mass is 443 g/mol. The standard InChI is InChI=1S/C25H34ClN3O2/c1-19-23(27-25(31-19)21-7-9-22(26)10-8-21)18-29-16-11-20(12-17-29)24(30)6-2-3-13-28-14-4-5-15-28/h7-10,20H,2-6,11-18H2,1H3. The molecule has 0 unspecified atom stereocenters. The quantitative estimate of drug-likeness (QED) is 0.489. The van der Waals surface area contributed by atoms with Crippen LogP contribution in [0.1, 0.15) is 56.4 Å². The molecule has 1 aromatic heterocycles. The van der Waals surface area contributed by atoms with Crippen LogP contribution in [-0.4, -0.2) is 53.3 Å². The van der Waals surface area contributed by atoms with Crippen LogP contribution in [0.25, 0.3) is 11.5 Å². The number of nitrogens with zero attached hydrogens (tertiary/aromatic N) is 3. The fourth-order valence-electron chi connectivity index (χ4n) is 4.76. The predicted molar refractivity (Wildman–Crippen MR) is 124 cm³/mol. The van der Waals surface area contributed by atoms with Crippen molar-refractivity contribution in [3.8, 4) is 11.5 Å². The zero-order valence-electron chi connectivity index (χ0n) is 18.6. The lowest BCUT2D eigenvalue weighted by Crippen LogP contribution is -2.36. The Bertz CT molecular complexity index is 850. The summed E-state index contributed by atoms with van der Waals surface area (Å²) in [6.07, 6.45) is 7.57. The Labute approximate surface area is 190 Å². The number of carbonyl (C=O) groups excluding carboxylic acids is 1. The molecule has 5 nitrogen and oxygen atoms in total. The second kappa shape index (κ2) is 10.8. The number of oxazole rings is 1. The first-order valence-corrected chi connectivity index (χ1v) is 12.2. The van der Waals surface area contributed by atoms with Crippen LogP contribution in [0.3, 0.4) is 0 Å². The van der Waals surface area contributed by atoms with Crippen LogP contribution in [0.2, 0.25) is 5.02 Å². The number of ketones is 1. The highest BCUT2D eigenvalue weighted by Gasteiger charge is 2.25. The average molecular weight is 444 g/mol. The molecule has 4 rings (SSSR count). The second-order valence-corrected chi connectivity index (χ2v) is 9.49. The molecule has 6 heteroatoms. The largest absolute Gasteiger partial charge is 0.441 e. The summed E-state index contributed by atoms with van der Waals surface area (Å²) in [4.78, 5) is 22.3. The summed E-state index contributed by atoms with van der Waals surface area (Å²) in [6, 6.07) is 7.56. The third kappa shape index (κ3) is 6.18. The van der Waals surface area contributed by atoms with Crippen molar-refractivity contribution in [1.82, 2.24) is 14.8 Å². The Hall–Kier alpha value is -1.69. The third-order valence-corrected chi connectivity index (χ3v) is 7.00. The van der Waals surface area contributed by atoms with E-state index < -0.39 is 0 Å². The lowest BCUT2D eigenvalue weighted by Gasteiger charge is -2.30. The topological polar surface area (TPSA) is 49.6 Å². The molecule has 3 heterocycles. The molecule has 0 spiro atoms. The van der Waals surface area contributed by atoms with E-state index in [1.165, 1.54) is 32.5 Å². The van der Waals surface area contributed by atoms with E-state index >= 15 is 0 Å². The van der Waals surface area contributed by atoms with Crippen molar-refractivity contribution < 1.29 is 9.21 Å². The maximum Gasteiger partial charge on any atom is 0.226 e. The van der Waals surface area contributed by atoms with Crippen molar-refractivity contribution in [2.45, 2.75) is 58.4 Å². The lowest BCUT2D eigenvalue weighted by molar-refractivity contribution is -0.124. The smallest absolute Gasteiger partial charge is 0.226 e. The van der Waals surface area contributed by atoms with E-state index in [2.05, 4.69) is 9.80 Å². The van der Waals surface area contributed by atoms with Gasteiger partial charge in [-0.2, -0.15) is 0 Å². The van der Waals surface area contributed by atoms with Gasteiger partial charge in [0.15, 0.2) is 0 Å². The minimum atomic E-state index is 0.242. The highest BCUT2D eigenvalue weighted by atomic mass is 35.5. The Balaban J connectivity index is 1.20. The van der Waals surface area contributed by atoms with Gasteiger partial charge in [-0.15, -0.1) is 0 Å². The van der Waals surface area contributed by atoms with Gasteiger partial charge in [0.05, 0.1) is 5.69 Å². The molecule has 2 aliphatic rings. The minimum Gasteiger partial charge on any atom is -0.441 e. The molecule has 0 bridgehead atoms. The molecule has 2 aliphatic heterocycles. The van der Waals surface area contributed by atoms with Crippen LogP contribution in [0.5, 0.6) is 0 Å². The number of hydrogen-bond acceptors (Lipinski definition) is 5. The van der Waals surface area contributed by atoms with Crippen LogP contribution < -0.4 is 0 Å². The van der Waals surface area contributed by atoms with E-state index in [-0.39, 0.29) is 5.92 Å². The van der Waals surface area contributed by atoms with Crippen LogP contribution in [0.4, 0.5) is 0 Å². The summed E-state index contributed by atoms with van der Waals surface area (Å²) < 4.78 is 5.89. The first-order valence-electron chi connectivity index (χ1n) is 11.8. The first-order chi connectivity index (χ1) is 15.1. The fraction of sp³-hybridized carbons (Fsp3) is 0.600. The molecule has 0 atom stereocenters. The molecule has 0 saturated carbocycles. The van der Waals surface area contributed by atoms with Crippen molar-refractivity contribution in [2.75, 3.05) is 32.7 Å². The fourth-order valence-corrected chi connectivity index (χ4v) is 4.89. The van der Waals surface area contributed by atoms with Gasteiger partial charge in [-0.3, -0.25) is 9.69 Å². The molecule has 2 fully saturated rings. The maximum atomic E-state index is 12.6. The summed E-state index contributed by atoms with van der Waals surface area (Å²) in [5, 5.41) is 0.705. The van der Waals surface area contributed by atoms with Gasteiger partial charge in [0, 0.05) is 29.5 Å². The van der Waals surface area contributed by atoms with Gasteiger partial charge in [0.1, 0.15) is 11.5 Å². The van der Waals surface area contributed by atoms with E-state index in [0.717, 1.165) is 68.8 Å². The molecule has 2 saturated heterocycles. The highest BCUT2D eigenvalue weighted by Crippen LogP contribution is 2.26. The Morgan fingerprint density at radius 2 is 1.77 bits per heavy atom. The summed E-state index contributed by atoms with van der Waals surface area (Å²) in [5.41, 5.74) is 1.92. The summed E-state index contributed by atoms with van der Waals surface area (Å²) in [6.45, 7) is 8.32. The van der Waals surface area contributed by atoms with Gasteiger partial charge in [-0.05, 0) is 102 Å². The van der Waals surface area contributed by atoms with E-state index in [0.29, 0.717) is 16.7 Å². The number of aromatic nitrogens is 1. The zero-order valence-corrected chi connectivity index (χ0v) is 19.4. The number of halogens is 1. The van der Waals surface area contributed by atoms with Crippen molar-refractivity contribution >= 4 is 17.4 Å². The molecule has 1 aromatic carbocycles. The number of Topliss-reactive ketones (excluding diaryl/α,β-unsaturated/α-hetero) is 1. The average Bonchev–Trinajstić information content (AvgIpc) is 3.42. The molecule has 0 amide bonds. The second-order valence-electron chi connectivity index (χ2n) is 9.05. The SMILES string of the molecule is Cc1oc(-c2ccc(Cl)cc2)nc1CN1CCC(C(=O)CCCCN2CCCC2)CC1. The van der Waals surface area contributed by atoms with Gasteiger partial charge in [0.2, 0.25) is 5.89 Å². The molecule has 31 heavy (non-hydrogen) atoms.